The fourth-order valence-electron chi connectivity index (χ4n) is 4.54. The highest BCUT2D eigenvalue weighted by atomic mass is 35.5. The van der Waals surface area contributed by atoms with Crippen LogP contribution in [0.4, 0.5) is 5.69 Å². The molecule has 0 saturated heterocycles. The third kappa shape index (κ3) is 4.00. The third-order valence-corrected chi connectivity index (χ3v) is 6.40. The van der Waals surface area contributed by atoms with Crippen LogP contribution in [-0.4, -0.2) is 22.8 Å². The molecule has 0 bridgehead atoms. The Labute approximate surface area is 190 Å². The molecule has 0 fully saturated rings. The molecule has 1 aliphatic carbocycles. The van der Waals surface area contributed by atoms with Crippen molar-refractivity contribution < 1.29 is 19.5 Å². The molecule has 160 valence electrons. The number of carboxylic acids is 1. The molecule has 0 spiro atoms. The van der Waals surface area contributed by atoms with Gasteiger partial charge in [0.05, 0.1) is 10.6 Å². The number of nitrogens with zero attached hydrogens (tertiary/aromatic N) is 1. The van der Waals surface area contributed by atoms with Crippen molar-refractivity contribution in [2.24, 2.45) is 5.41 Å². The van der Waals surface area contributed by atoms with E-state index in [1.54, 1.807) is 18.2 Å². The van der Waals surface area contributed by atoms with E-state index in [9.17, 15) is 19.5 Å². The fourth-order valence-corrected chi connectivity index (χ4v) is 4.94. The first kappa shape index (κ1) is 21.6. The van der Waals surface area contributed by atoms with Gasteiger partial charge in [0.25, 0.3) is 0 Å². The van der Waals surface area contributed by atoms with Crippen LogP contribution >= 0.6 is 23.2 Å². The molecule has 1 amide bonds. The van der Waals surface area contributed by atoms with Gasteiger partial charge in [-0.3, -0.25) is 14.5 Å². The van der Waals surface area contributed by atoms with Gasteiger partial charge >= 0.3 is 5.97 Å². The zero-order chi connectivity index (χ0) is 22.5. The zero-order valence-corrected chi connectivity index (χ0v) is 18.6. The van der Waals surface area contributed by atoms with Crippen molar-refractivity contribution in [3.63, 3.8) is 0 Å². The van der Waals surface area contributed by atoms with Gasteiger partial charge in [-0.05, 0) is 47.7 Å². The molecule has 1 N–H and O–H groups in total. The van der Waals surface area contributed by atoms with Gasteiger partial charge in [-0.2, -0.15) is 0 Å². The summed E-state index contributed by atoms with van der Waals surface area (Å²) in [5.74, 6) is -1.76. The fraction of sp³-hybridized carbons (Fsp3) is 0.292. The first-order valence-corrected chi connectivity index (χ1v) is 10.7. The van der Waals surface area contributed by atoms with Crippen molar-refractivity contribution in [1.29, 1.82) is 0 Å². The number of anilines is 1. The van der Waals surface area contributed by atoms with E-state index in [-0.39, 0.29) is 40.0 Å². The maximum absolute atomic E-state index is 13.4. The number of amides is 1. The molecule has 2 aromatic carbocycles. The molecule has 0 saturated carbocycles. The summed E-state index contributed by atoms with van der Waals surface area (Å²) in [7, 11) is 0. The van der Waals surface area contributed by atoms with Crippen LogP contribution in [0.25, 0.3) is 0 Å². The van der Waals surface area contributed by atoms with Crippen LogP contribution in [0.3, 0.4) is 0 Å². The minimum absolute atomic E-state index is 0.00106. The molecule has 5 nitrogen and oxygen atoms in total. The molecule has 2 aliphatic rings. The standard InChI is InChI=1S/C24H21Cl2NO4/c1-24(2)11-19-22(20(28)12-24)16(13-4-3-5-14(25)8-13)10-21(29)27(19)15-6-7-18(26)17(9-15)23(30)31/h3-9,16H,10-12H2,1-2H3,(H,30,31). The molecule has 1 atom stereocenters. The minimum Gasteiger partial charge on any atom is -0.478 e. The van der Waals surface area contributed by atoms with Crippen LogP contribution in [0.5, 0.6) is 0 Å². The maximum atomic E-state index is 13.4. The highest BCUT2D eigenvalue weighted by Gasteiger charge is 2.44. The number of Topliss-reactive ketones (excluding diaryl/α,β-unsaturated/α-hetero) is 1. The number of carboxylic acid groups (broad SMARTS) is 1. The number of benzene rings is 2. The molecule has 1 heterocycles. The Kier molecular flexibility index (Phi) is 5.44. The van der Waals surface area contributed by atoms with Crippen LogP contribution < -0.4 is 4.90 Å². The van der Waals surface area contributed by atoms with E-state index in [0.717, 1.165) is 5.56 Å². The van der Waals surface area contributed by atoms with E-state index < -0.39 is 5.97 Å². The SMILES string of the molecule is CC1(C)CC(=O)C2=C(C1)N(c1ccc(Cl)c(C(=O)O)c1)C(=O)CC2c1cccc(Cl)c1. The molecular weight excluding hydrogens is 437 g/mol. The molecule has 0 radical (unpaired) electrons. The van der Waals surface area contributed by atoms with Gasteiger partial charge in [0.1, 0.15) is 0 Å². The lowest BCUT2D eigenvalue weighted by molar-refractivity contribution is -0.121. The normalized spacial score (nSPS) is 20.6. The number of halogens is 2. The number of rotatable bonds is 3. The molecule has 0 aromatic heterocycles. The van der Waals surface area contributed by atoms with Crippen LogP contribution in [-0.2, 0) is 9.59 Å². The number of aromatic carboxylic acids is 1. The molecule has 31 heavy (non-hydrogen) atoms. The lowest BCUT2D eigenvalue weighted by Gasteiger charge is -2.43. The van der Waals surface area contributed by atoms with Gasteiger partial charge < -0.3 is 5.11 Å². The van der Waals surface area contributed by atoms with Crippen molar-refractivity contribution in [2.45, 2.75) is 39.0 Å². The summed E-state index contributed by atoms with van der Waals surface area (Å²) in [6, 6.07) is 11.7. The number of carbonyl (C=O) groups is 3. The van der Waals surface area contributed by atoms with Gasteiger partial charge in [0.15, 0.2) is 5.78 Å². The second kappa shape index (κ2) is 7.81. The second-order valence-electron chi connectivity index (χ2n) is 8.81. The first-order chi connectivity index (χ1) is 14.6. The number of hydrogen-bond donors (Lipinski definition) is 1. The van der Waals surface area contributed by atoms with Gasteiger partial charge in [0.2, 0.25) is 5.91 Å². The summed E-state index contributed by atoms with van der Waals surface area (Å²) in [4.78, 5) is 39.7. The van der Waals surface area contributed by atoms with E-state index >= 15 is 0 Å². The van der Waals surface area contributed by atoms with Crippen molar-refractivity contribution in [1.82, 2.24) is 0 Å². The van der Waals surface area contributed by atoms with Crippen LogP contribution in [0.15, 0.2) is 53.7 Å². The zero-order valence-electron chi connectivity index (χ0n) is 17.1. The number of allylic oxidation sites excluding steroid dienone is 2. The van der Waals surface area contributed by atoms with Gasteiger partial charge in [-0.1, -0.05) is 49.2 Å². The summed E-state index contributed by atoms with van der Waals surface area (Å²) in [5.41, 5.74) is 2.03. The average molecular weight is 458 g/mol. The van der Waals surface area contributed by atoms with E-state index in [2.05, 4.69) is 0 Å². The summed E-state index contributed by atoms with van der Waals surface area (Å²) >= 11 is 12.2. The van der Waals surface area contributed by atoms with Gasteiger partial charge in [-0.15, -0.1) is 0 Å². The topological polar surface area (TPSA) is 74.7 Å². The van der Waals surface area contributed by atoms with Crippen molar-refractivity contribution >= 4 is 46.5 Å². The highest BCUT2D eigenvalue weighted by molar-refractivity contribution is 6.33. The Balaban J connectivity index is 1.92. The molecule has 7 heteroatoms. The third-order valence-electron chi connectivity index (χ3n) is 5.83. The Morgan fingerprint density at radius 2 is 1.84 bits per heavy atom. The second-order valence-corrected chi connectivity index (χ2v) is 9.66. The number of carbonyl (C=O) groups excluding carboxylic acids is 2. The van der Waals surface area contributed by atoms with E-state index in [0.29, 0.717) is 34.8 Å². The highest BCUT2D eigenvalue weighted by Crippen LogP contribution is 2.48. The predicted octanol–water partition coefficient (Wildman–Crippen LogP) is 5.86. The molecule has 1 unspecified atom stereocenters. The maximum Gasteiger partial charge on any atom is 0.337 e. The lowest BCUT2D eigenvalue weighted by Crippen LogP contribution is -2.43. The Bertz CT molecular complexity index is 1150. The minimum atomic E-state index is -1.18. The van der Waals surface area contributed by atoms with E-state index in [1.165, 1.54) is 17.0 Å². The van der Waals surface area contributed by atoms with E-state index in [4.69, 9.17) is 23.2 Å². The van der Waals surface area contributed by atoms with Crippen LogP contribution in [0, 0.1) is 5.41 Å². The van der Waals surface area contributed by atoms with Gasteiger partial charge in [0, 0.05) is 40.7 Å². The molecule has 1 aliphatic heterocycles. The monoisotopic (exact) mass is 457 g/mol. The summed E-state index contributed by atoms with van der Waals surface area (Å²) < 4.78 is 0. The Morgan fingerprint density at radius 1 is 1.10 bits per heavy atom. The Hall–Kier alpha value is -2.63. The lowest BCUT2D eigenvalue weighted by atomic mass is 9.69. The quantitative estimate of drug-likeness (QED) is 0.626. The molecular formula is C24H21Cl2NO4. The number of ketones is 1. The molecule has 4 rings (SSSR count). The molecule has 2 aromatic rings. The first-order valence-electron chi connectivity index (χ1n) is 9.95. The van der Waals surface area contributed by atoms with Crippen molar-refractivity contribution in [3.05, 3.63) is 74.9 Å². The Morgan fingerprint density at radius 3 is 2.52 bits per heavy atom. The van der Waals surface area contributed by atoms with E-state index in [1.807, 2.05) is 26.0 Å². The summed E-state index contributed by atoms with van der Waals surface area (Å²) in [6.07, 6.45) is 0.990. The largest absolute Gasteiger partial charge is 0.478 e. The van der Waals surface area contributed by atoms with Crippen LogP contribution in [0.1, 0.15) is 54.9 Å². The summed E-state index contributed by atoms with van der Waals surface area (Å²) in [5, 5.41) is 10.1. The predicted molar refractivity (Wildman–Crippen MR) is 120 cm³/mol. The van der Waals surface area contributed by atoms with Gasteiger partial charge in [-0.25, -0.2) is 4.79 Å². The van der Waals surface area contributed by atoms with Crippen molar-refractivity contribution in [2.75, 3.05) is 4.90 Å². The summed E-state index contributed by atoms with van der Waals surface area (Å²) in [6.45, 7) is 3.98. The number of hydrogen-bond acceptors (Lipinski definition) is 3. The van der Waals surface area contributed by atoms with Crippen molar-refractivity contribution in [3.8, 4) is 0 Å². The smallest absolute Gasteiger partial charge is 0.337 e. The average Bonchev–Trinajstić information content (AvgIpc) is 2.67. The van der Waals surface area contributed by atoms with Crippen LogP contribution in [0.2, 0.25) is 10.0 Å².